The average molecular weight is 318 g/mol. The third-order valence-corrected chi connectivity index (χ3v) is 4.44. The minimum absolute atomic E-state index is 0.576. The van der Waals surface area contributed by atoms with Crippen molar-refractivity contribution in [2.24, 2.45) is 0 Å². The largest absolute Gasteiger partial charge is 0.492 e. The Morgan fingerprint density at radius 2 is 2.10 bits per heavy atom. The van der Waals surface area contributed by atoms with Gasteiger partial charge in [-0.3, -0.25) is 0 Å². The number of hydrogen-bond acceptors (Lipinski definition) is 6. The Morgan fingerprint density at radius 1 is 1.19 bits per heavy atom. The minimum atomic E-state index is 0.576. The zero-order valence-corrected chi connectivity index (χ0v) is 13.1. The van der Waals surface area contributed by atoms with Crippen LogP contribution < -0.4 is 4.74 Å². The van der Waals surface area contributed by atoms with E-state index in [9.17, 15) is 0 Å². The highest BCUT2D eigenvalue weighted by molar-refractivity contribution is 7.99. The summed E-state index contributed by atoms with van der Waals surface area (Å²) in [6.45, 7) is 2.64. The van der Waals surface area contributed by atoms with Crippen LogP contribution in [-0.4, -0.2) is 22.6 Å². The van der Waals surface area contributed by atoms with Crippen molar-refractivity contribution in [2.75, 3.05) is 12.4 Å². The van der Waals surface area contributed by atoms with Crippen molar-refractivity contribution in [1.29, 1.82) is 0 Å². The lowest BCUT2D eigenvalue weighted by Gasteiger charge is -2.07. The van der Waals surface area contributed by atoms with Gasteiger partial charge < -0.3 is 9.15 Å². The quantitative estimate of drug-likeness (QED) is 0.501. The molecular weight excluding hydrogens is 304 g/mol. The fourth-order valence-corrected chi connectivity index (χ4v) is 2.99. The van der Waals surface area contributed by atoms with Gasteiger partial charge in [0.05, 0.1) is 11.5 Å². The molecule has 0 fully saturated rings. The van der Waals surface area contributed by atoms with E-state index in [1.54, 1.807) is 11.3 Å². The molecule has 0 N–H and O–H groups in total. The Hall–Kier alpha value is -1.79. The number of thiophene rings is 1. The number of para-hydroxylation sites is 1. The number of rotatable bonds is 6. The van der Waals surface area contributed by atoms with Gasteiger partial charge in [-0.2, -0.15) is 0 Å². The van der Waals surface area contributed by atoms with Crippen molar-refractivity contribution >= 4 is 23.1 Å². The Kier molecular flexibility index (Phi) is 4.57. The van der Waals surface area contributed by atoms with E-state index in [-0.39, 0.29) is 0 Å². The summed E-state index contributed by atoms with van der Waals surface area (Å²) in [4.78, 5) is 0.991. The van der Waals surface area contributed by atoms with Crippen LogP contribution >= 0.6 is 23.1 Å². The molecule has 3 aromatic rings. The number of nitrogens with zero attached hydrogens (tertiary/aromatic N) is 2. The molecule has 0 atom stereocenters. The first-order valence-corrected chi connectivity index (χ1v) is 8.38. The number of aromatic nitrogens is 2. The predicted molar refractivity (Wildman–Crippen MR) is 85.0 cm³/mol. The van der Waals surface area contributed by atoms with Gasteiger partial charge in [0.15, 0.2) is 0 Å². The second kappa shape index (κ2) is 6.78. The molecule has 0 aliphatic carbocycles. The topological polar surface area (TPSA) is 48.2 Å². The molecule has 21 heavy (non-hydrogen) atoms. The number of aryl methyl sites for hydroxylation is 1. The van der Waals surface area contributed by atoms with E-state index in [0.29, 0.717) is 17.7 Å². The molecule has 0 aliphatic rings. The van der Waals surface area contributed by atoms with Crippen LogP contribution in [-0.2, 0) is 0 Å². The molecule has 0 amide bonds. The Morgan fingerprint density at radius 3 is 2.90 bits per heavy atom. The van der Waals surface area contributed by atoms with Gasteiger partial charge in [-0.1, -0.05) is 36.0 Å². The van der Waals surface area contributed by atoms with Crippen molar-refractivity contribution in [3.05, 3.63) is 47.3 Å². The Balaban J connectivity index is 1.49. The van der Waals surface area contributed by atoms with Crippen LogP contribution in [0.3, 0.4) is 0 Å². The lowest BCUT2D eigenvalue weighted by atomic mass is 10.2. The van der Waals surface area contributed by atoms with Crippen LogP contribution in [0.15, 0.2) is 51.4 Å². The van der Waals surface area contributed by atoms with E-state index < -0.39 is 0 Å². The van der Waals surface area contributed by atoms with Gasteiger partial charge in [0.1, 0.15) is 5.75 Å². The summed E-state index contributed by atoms with van der Waals surface area (Å²) < 4.78 is 11.3. The van der Waals surface area contributed by atoms with Crippen LogP contribution in [0.5, 0.6) is 5.75 Å². The molecule has 0 saturated heterocycles. The number of thioether (sulfide) groups is 1. The molecule has 2 heterocycles. The molecule has 0 unspecified atom stereocenters. The third kappa shape index (κ3) is 3.65. The van der Waals surface area contributed by atoms with E-state index in [4.69, 9.17) is 9.15 Å². The summed E-state index contributed by atoms with van der Waals surface area (Å²) in [6.07, 6.45) is 0. The molecule has 4 nitrogen and oxygen atoms in total. The molecule has 2 aromatic heterocycles. The first-order chi connectivity index (χ1) is 10.3. The Bertz CT molecular complexity index is 695. The Labute approximate surface area is 131 Å². The monoisotopic (exact) mass is 318 g/mol. The summed E-state index contributed by atoms with van der Waals surface area (Å²) in [6, 6.07) is 11.9. The fraction of sp³-hybridized carbons (Fsp3) is 0.200. The maximum Gasteiger partial charge on any atom is 0.277 e. The van der Waals surface area contributed by atoms with E-state index in [2.05, 4.69) is 10.2 Å². The van der Waals surface area contributed by atoms with Gasteiger partial charge in [-0.25, -0.2) is 0 Å². The van der Waals surface area contributed by atoms with Crippen LogP contribution in [0.2, 0.25) is 0 Å². The molecule has 0 saturated carbocycles. The lowest BCUT2D eigenvalue weighted by Crippen LogP contribution is -2.01. The highest BCUT2D eigenvalue weighted by Crippen LogP contribution is 2.26. The van der Waals surface area contributed by atoms with Crippen molar-refractivity contribution in [2.45, 2.75) is 12.1 Å². The van der Waals surface area contributed by atoms with Gasteiger partial charge in [0, 0.05) is 5.75 Å². The number of hydrogen-bond donors (Lipinski definition) is 0. The maximum atomic E-state index is 5.73. The minimum Gasteiger partial charge on any atom is -0.492 e. The van der Waals surface area contributed by atoms with Crippen molar-refractivity contribution < 1.29 is 9.15 Å². The summed E-state index contributed by atoms with van der Waals surface area (Å²) >= 11 is 3.09. The third-order valence-electron chi connectivity index (χ3n) is 2.80. The van der Waals surface area contributed by atoms with Crippen LogP contribution in [0, 0.1) is 6.92 Å². The van der Waals surface area contributed by atoms with Crippen molar-refractivity contribution in [3.63, 3.8) is 0 Å². The van der Waals surface area contributed by atoms with E-state index in [0.717, 1.165) is 21.9 Å². The van der Waals surface area contributed by atoms with Gasteiger partial charge in [-0.05, 0) is 30.0 Å². The van der Waals surface area contributed by atoms with Gasteiger partial charge in [0.2, 0.25) is 0 Å². The second-order valence-corrected chi connectivity index (χ2v) is 6.31. The molecule has 108 valence electrons. The summed E-state index contributed by atoms with van der Waals surface area (Å²) in [7, 11) is 0. The smallest absolute Gasteiger partial charge is 0.277 e. The van der Waals surface area contributed by atoms with E-state index >= 15 is 0 Å². The number of benzene rings is 1. The van der Waals surface area contributed by atoms with Crippen LogP contribution in [0.25, 0.3) is 10.8 Å². The highest BCUT2D eigenvalue weighted by atomic mass is 32.2. The van der Waals surface area contributed by atoms with Crippen LogP contribution in [0.1, 0.15) is 5.56 Å². The first-order valence-electron chi connectivity index (χ1n) is 6.51. The van der Waals surface area contributed by atoms with E-state index in [1.165, 1.54) is 11.8 Å². The molecule has 3 rings (SSSR count). The first kappa shape index (κ1) is 14.2. The standard InChI is InChI=1S/C15H14N2O2S2/c1-11-5-2-3-6-12(11)18-8-10-21-15-17-16-14(19-15)13-7-4-9-20-13/h2-7,9H,8,10H2,1H3. The predicted octanol–water partition coefficient (Wildman–Crippen LogP) is 4.28. The van der Waals surface area contributed by atoms with Gasteiger partial charge >= 0.3 is 0 Å². The summed E-state index contributed by atoms with van der Waals surface area (Å²) in [5.74, 6) is 2.26. The molecule has 6 heteroatoms. The highest BCUT2D eigenvalue weighted by Gasteiger charge is 2.09. The SMILES string of the molecule is Cc1ccccc1OCCSc1nnc(-c2cccs2)o1. The normalized spacial score (nSPS) is 10.7. The lowest BCUT2D eigenvalue weighted by molar-refractivity contribution is 0.341. The van der Waals surface area contributed by atoms with Gasteiger partial charge in [0.25, 0.3) is 11.1 Å². The van der Waals surface area contributed by atoms with Gasteiger partial charge in [-0.15, -0.1) is 21.5 Å². The van der Waals surface area contributed by atoms with Crippen LogP contribution in [0.4, 0.5) is 0 Å². The zero-order valence-electron chi connectivity index (χ0n) is 11.5. The molecule has 0 aliphatic heterocycles. The number of ether oxygens (including phenoxy) is 1. The fourth-order valence-electron chi connectivity index (χ4n) is 1.77. The van der Waals surface area contributed by atoms with E-state index in [1.807, 2.05) is 48.7 Å². The molecular formula is C15H14N2O2S2. The zero-order chi connectivity index (χ0) is 14.5. The molecule has 1 aromatic carbocycles. The molecule has 0 spiro atoms. The average Bonchev–Trinajstić information content (AvgIpc) is 3.16. The summed E-state index contributed by atoms with van der Waals surface area (Å²) in [5, 5.41) is 10.6. The maximum absolute atomic E-state index is 5.73. The molecule has 0 radical (unpaired) electrons. The van der Waals surface area contributed by atoms with Crippen molar-refractivity contribution in [3.8, 4) is 16.5 Å². The molecule has 0 bridgehead atoms. The second-order valence-electron chi connectivity index (χ2n) is 4.31. The summed E-state index contributed by atoms with van der Waals surface area (Å²) in [5.41, 5.74) is 1.14. The van der Waals surface area contributed by atoms with Crippen molar-refractivity contribution in [1.82, 2.24) is 10.2 Å².